The van der Waals surface area contributed by atoms with Crippen molar-refractivity contribution in [3.8, 4) is 0 Å². The van der Waals surface area contributed by atoms with E-state index in [0.717, 1.165) is 16.8 Å². The highest BCUT2D eigenvalue weighted by Crippen LogP contribution is 2.31. The van der Waals surface area contributed by atoms with Crippen LogP contribution in [0.1, 0.15) is 23.7 Å². The maximum absolute atomic E-state index is 11.6. The van der Waals surface area contributed by atoms with Crippen molar-refractivity contribution in [3.05, 3.63) is 69.4 Å². The number of amides is 1. The lowest BCUT2D eigenvalue weighted by atomic mass is 10.1. The van der Waals surface area contributed by atoms with Crippen LogP contribution in [-0.4, -0.2) is 20.8 Å². The Hall–Kier alpha value is -4.01. The van der Waals surface area contributed by atoms with E-state index in [0.29, 0.717) is 11.4 Å². The van der Waals surface area contributed by atoms with Crippen LogP contribution in [0.25, 0.3) is 0 Å². The molecule has 0 aliphatic rings. The molecule has 9 heteroatoms. The maximum atomic E-state index is 11.6. The summed E-state index contributed by atoms with van der Waals surface area (Å²) in [5.41, 5.74) is 4.20. The van der Waals surface area contributed by atoms with Gasteiger partial charge < -0.3 is 16.0 Å². The van der Waals surface area contributed by atoms with Crippen molar-refractivity contribution in [2.45, 2.75) is 27.7 Å². The van der Waals surface area contributed by atoms with E-state index in [1.165, 1.54) is 6.92 Å². The summed E-state index contributed by atoms with van der Waals surface area (Å²) in [5.74, 6) is 0.148. The molecule has 0 saturated carbocycles. The fourth-order valence-electron chi connectivity index (χ4n) is 2.98. The normalized spacial score (nSPS) is 10.4. The van der Waals surface area contributed by atoms with Crippen LogP contribution in [0.3, 0.4) is 0 Å². The Morgan fingerprint density at radius 3 is 2.23 bits per heavy atom. The molecule has 0 aliphatic carbocycles. The molecule has 0 saturated heterocycles. The molecule has 0 radical (unpaired) electrons. The van der Waals surface area contributed by atoms with Gasteiger partial charge in [-0.2, -0.15) is 4.98 Å². The molecule has 0 bridgehead atoms. The Labute approximate surface area is 173 Å². The molecule has 0 spiro atoms. The van der Waals surface area contributed by atoms with Crippen molar-refractivity contribution in [1.29, 1.82) is 0 Å². The molecule has 154 valence electrons. The third-order valence-corrected chi connectivity index (χ3v) is 4.34. The Balaban J connectivity index is 1.93. The van der Waals surface area contributed by atoms with E-state index in [1.807, 2.05) is 32.0 Å². The first-order chi connectivity index (χ1) is 14.2. The number of nitro groups is 1. The van der Waals surface area contributed by atoms with Gasteiger partial charge in [-0.25, -0.2) is 4.98 Å². The fourth-order valence-corrected chi connectivity index (χ4v) is 2.98. The fraction of sp³-hybridized carbons (Fsp3) is 0.190. The number of carbonyl (C=O) groups excluding carboxylic acids is 1. The van der Waals surface area contributed by atoms with Crippen LogP contribution < -0.4 is 16.0 Å². The summed E-state index contributed by atoms with van der Waals surface area (Å²) in [6.07, 6.45) is 0. The van der Waals surface area contributed by atoms with Crippen LogP contribution in [0.2, 0.25) is 0 Å². The minimum atomic E-state index is -0.510. The van der Waals surface area contributed by atoms with Crippen molar-refractivity contribution in [1.82, 2.24) is 9.97 Å². The van der Waals surface area contributed by atoms with Gasteiger partial charge in [-0.1, -0.05) is 17.7 Å². The van der Waals surface area contributed by atoms with Crippen LogP contribution in [0, 0.1) is 30.9 Å². The highest BCUT2D eigenvalue weighted by molar-refractivity contribution is 5.88. The zero-order chi connectivity index (χ0) is 21.8. The topological polar surface area (TPSA) is 122 Å². The lowest BCUT2D eigenvalue weighted by Crippen LogP contribution is -2.08. The number of benzene rings is 2. The van der Waals surface area contributed by atoms with E-state index in [4.69, 9.17) is 0 Å². The second kappa shape index (κ2) is 8.56. The molecule has 3 aromatic rings. The lowest BCUT2D eigenvalue weighted by molar-refractivity contribution is -0.385. The van der Waals surface area contributed by atoms with E-state index >= 15 is 0 Å². The van der Waals surface area contributed by atoms with Crippen molar-refractivity contribution in [3.63, 3.8) is 0 Å². The molecule has 0 unspecified atom stereocenters. The molecule has 0 fully saturated rings. The van der Waals surface area contributed by atoms with E-state index < -0.39 is 4.92 Å². The summed E-state index contributed by atoms with van der Waals surface area (Å²) in [7, 11) is 0. The average molecular weight is 406 g/mol. The van der Waals surface area contributed by atoms with Crippen LogP contribution in [0.15, 0.2) is 42.5 Å². The second-order valence-electron chi connectivity index (χ2n) is 6.91. The number of hydrogen-bond donors (Lipinski definition) is 3. The molecule has 30 heavy (non-hydrogen) atoms. The molecular formula is C21H22N6O3. The Morgan fingerprint density at radius 1 is 0.967 bits per heavy atom. The van der Waals surface area contributed by atoms with Gasteiger partial charge in [0.05, 0.1) is 4.92 Å². The van der Waals surface area contributed by atoms with Gasteiger partial charge in [0.2, 0.25) is 17.7 Å². The lowest BCUT2D eigenvalue weighted by Gasteiger charge is -2.13. The first-order valence-corrected chi connectivity index (χ1v) is 9.25. The molecule has 1 aromatic heterocycles. The quantitative estimate of drug-likeness (QED) is 0.398. The van der Waals surface area contributed by atoms with E-state index in [9.17, 15) is 14.9 Å². The predicted octanol–water partition coefficient (Wildman–Crippen LogP) is 4.76. The summed E-state index contributed by atoms with van der Waals surface area (Å²) in [5, 5.41) is 20.4. The zero-order valence-corrected chi connectivity index (χ0v) is 17.1. The molecule has 3 N–H and O–H groups in total. The first kappa shape index (κ1) is 20.7. The minimum absolute atomic E-state index is 0.0760. The molecule has 9 nitrogen and oxygen atoms in total. The standard InChI is InChI=1S/C21H22N6O3/c1-12-5-10-18(13(2)11-12)25-21-22-14(3)19(27(29)30)20(26-21)24-17-8-6-16(7-9-17)23-15(4)28/h5-11H,1-4H3,(H,23,28)(H2,22,24,25,26). The summed E-state index contributed by atoms with van der Waals surface area (Å²) in [6, 6.07) is 12.7. The largest absolute Gasteiger partial charge is 0.334 e. The molecule has 1 amide bonds. The van der Waals surface area contributed by atoms with Crippen molar-refractivity contribution >= 4 is 40.4 Å². The predicted molar refractivity (Wildman–Crippen MR) is 117 cm³/mol. The van der Waals surface area contributed by atoms with Gasteiger partial charge in [-0.15, -0.1) is 0 Å². The number of aryl methyl sites for hydroxylation is 3. The highest BCUT2D eigenvalue weighted by atomic mass is 16.6. The van der Waals surface area contributed by atoms with Gasteiger partial charge in [0.25, 0.3) is 0 Å². The Bertz CT molecular complexity index is 1110. The SMILES string of the molecule is CC(=O)Nc1ccc(Nc2nc(Nc3ccc(C)cc3C)nc(C)c2[N+](=O)[O-])cc1. The molecule has 3 rings (SSSR count). The second-order valence-corrected chi connectivity index (χ2v) is 6.91. The number of hydrogen-bond acceptors (Lipinski definition) is 7. The van der Waals surface area contributed by atoms with Crippen molar-refractivity contribution < 1.29 is 9.72 Å². The maximum Gasteiger partial charge on any atom is 0.332 e. The van der Waals surface area contributed by atoms with Crippen LogP contribution in [-0.2, 0) is 4.79 Å². The van der Waals surface area contributed by atoms with Gasteiger partial charge >= 0.3 is 5.69 Å². The third-order valence-electron chi connectivity index (χ3n) is 4.34. The van der Waals surface area contributed by atoms with Gasteiger partial charge in [0, 0.05) is 24.0 Å². The average Bonchev–Trinajstić information content (AvgIpc) is 2.64. The van der Waals surface area contributed by atoms with Gasteiger partial charge in [-0.3, -0.25) is 14.9 Å². The number of nitrogens with zero attached hydrogens (tertiary/aromatic N) is 3. The summed E-state index contributed by atoms with van der Waals surface area (Å²) >= 11 is 0. The summed E-state index contributed by atoms with van der Waals surface area (Å²) < 4.78 is 0. The minimum Gasteiger partial charge on any atom is -0.334 e. The van der Waals surface area contributed by atoms with Crippen LogP contribution in [0.5, 0.6) is 0 Å². The molecule has 1 heterocycles. The van der Waals surface area contributed by atoms with Crippen LogP contribution >= 0.6 is 0 Å². The number of nitrogens with one attached hydrogen (secondary N) is 3. The monoisotopic (exact) mass is 406 g/mol. The van der Waals surface area contributed by atoms with Crippen molar-refractivity contribution in [2.75, 3.05) is 16.0 Å². The molecule has 0 atom stereocenters. The van der Waals surface area contributed by atoms with Crippen LogP contribution in [0.4, 0.5) is 34.5 Å². The number of aromatic nitrogens is 2. The summed E-state index contributed by atoms with van der Waals surface area (Å²) in [4.78, 5) is 30.8. The van der Waals surface area contributed by atoms with Gasteiger partial charge in [0.1, 0.15) is 5.69 Å². The van der Waals surface area contributed by atoms with Crippen molar-refractivity contribution in [2.24, 2.45) is 0 Å². The molecule has 0 aliphatic heterocycles. The van der Waals surface area contributed by atoms with Gasteiger partial charge in [-0.05, 0) is 56.7 Å². The number of carbonyl (C=O) groups is 1. The Kier molecular flexibility index (Phi) is 5.91. The first-order valence-electron chi connectivity index (χ1n) is 9.25. The number of rotatable bonds is 6. The number of anilines is 5. The smallest absolute Gasteiger partial charge is 0.332 e. The van der Waals surface area contributed by atoms with E-state index in [1.54, 1.807) is 31.2 Å². The van der Waals surface area contributed by atoms with Gasteiger partial charge in [0.15, 0.2) is 0 Å². The van der Waals surface area contributed by atoms with E-state index in [2.05, 4.69) is 25.9 Å². The van der Waals surface area contributed by atoms with E-state index in [-0.39, 0.29) is 29.1 Å². The molecule has 2 aromatic carbocycles. The molecular weight excluding hydrogens is 384 g/mol. The Morgan fingerprint density at radius 2 is 1.63 bits per heavy atom. The third kappa shape index (κ3) is 4.88. The summed E-state index contributed by atoms with van der Waals surface area (Å²) in [6.45, 7) is 6.95. The highest BCUT2D eigenvalue weighted by Gasteiger charge is 2.22. The zero-order valence-electron chi connectivity index (χ0n) is 17.1.